The van der Waals surface area contributed by atoms with Crippen molar-refractivity contribution < 1.29 is 13.9 Å². The van der Waals surface area contributed by atoms with E-state index in [1.165, 1.54) is 6.33 Å². The van der Waals surface area contributed by atoms with Gasteiger partial charge in [0, 0.05) is 12.7 Å². The van der Waals surface area contributed by atoms with Crippen LogP contribution in [0.1, 0.15) is 0 Å². The van der Waals surface area contributed by atoms with Crippen molar-refractivity contribution in [2.45, 2.75) is 12.5 Å². The van der Waals surface area contributed by atoms with Gasteiger partial charge < -0.3 is 10.4 Å². The minimum atomic E-state index is -2.75. The number of nitrogens with one attached hydrogen (secondary N) is 1. The number of halogens is 3. The van der Waals surface area contributed by atoms with Crippen LogP contribution in [0.4, 0.5) is 14.6 Å². The van der Waals surface area contributed by atoms with E-state index in [2.05, 4.69) is 15.3 Å². The van der Waals surface area contributed by atoms with Crippen molar-refractivity contribution in [1.29, 1.82) is 0 Å². The number of aliphatic hydroxyl groups excluding tert-OH is 1. The zero-order chi connectivity index (χ0) is 10.6. The summed E-state index contributed by atoms with van der Waals surface area (Å²) in [5, 5.41) is 11.4. The van der Waals surface area contributed by atoms with Crippen LogP contribution >= 0.6 is 22.6 Å². The van der Waals surface area contributed by atoms with E-state index in [0.29, 0.717) is 9.39 Å². The van der Waals surface area contributed by atoms with E-state index in [0.717, 1.165) is 0 Å². The van der Waals surface area contributed by atoms with Crippen molar-refractivity contribution in [3.8, 4) is 0 Å². The molecule has 0 amide bonds. The molecule has 2 N–H and O–H groups in total. The minimum Gasteiger partial charge on any atom is -0.385 e. The molecule has 0 fully saturated rings. The Morgan fingerprint density at radius 2 is 2.29 bits per heavy atom. The Bertz CT molecular complexity index is 300. The van der Waals surface area contributed by atoms with Gasteiger partial charge in [0.15, 0.2) is 0 Å². The molecule has 0 spiro atoms. The second kappa shape index (κ2) is 5.35. The third-order valence-corrected chi connectivity index (χ3v) is 2.23. The van der Waals surface area contributed by atoms with Crippen LogP contribution in [0.3, 0.4) is 0 Å². The van der Waals surface area contributed by atoms with Crippen LogP contribution in [0.15, 0.2) is 12.5 Å². The van der Waals surface area contributed by atoms with Crippen molar-refractivity contribution in [2.24, 2.45) is 0 Å². The first kappa shape index (κ1) is 11.5. The van der Waals surface area contributed by atoms with Crippen LogP contribution < -0.4 is 5.32 Å². The molecular formula is C7H8F2IN3O. The standard InChI is InChI=1S/C7H8F2IN3O/c8-6(9)5(14)2-12-7-4(10)1-11-3-13-7/h1,3,5-6,14H,2H2,(H,11,12,13). The van der Waals surface area contributed by atoms with E-state index in [4.69, 9.17) is 5.11 Å². The molecule has 1 aromatic rings. The van der Waals surface area contributed by atoms with Gasteiger partial charge in [-0.15, -0.1) is 0 Å². The molecule has 0 aliphatic heterocycles. The Morgan fingerprint density at radius 1 is 1.57 bits per heavy atom. The highest BCUT2D eigenvalue weighted by atomic mass is 127. The van der Waals surface area contributed by atoms with E-state index < -0.39 is 12.5 Å². The molecule has 78 valence electrons. The van der Waals surface area contributed by atoms with Crippen molar-refractivity contribution in [3.05, 3.63) is 16.1 Å². The third kappa shape index (κ3) is 3.29. The lowest BCUT2D eigenvalue weighted by Crippen LogP contribution is -2.27. The van der Waals surface area contributed by atoms with Gasteiger partial charge in [0.2, 0.25) is 0 Å². The van der Waals surface area contributed by atoms with E-state index in [1.54, 1.807) is 6.20 Å². The first-order valence-corrected chi connectivity index (χ1v) is 4.84. The van der Waals surface area contributed by atoms with Crippen molar-refractivity contribution >= 4 is 28.4 Å². The zero-order valence-corrected chi connectivity index (χ0v) is 9.15. The summed E-state index contributed by atoms with van der Waals surface area (Å²) in [6, 6.07) is 0. The number of aromatic nitrogens is 2. The van der Waals surface area contributed by atoms with Crippen LogP contribution in [0.25, 0.3) is 0 Å². The van der Waals surface area contributed by atoms with E-state index in [1.807, 2.05) is 22.6 Å². The summed E-state index contributed by atoms with van der Waals surface area (Å²) in [5.41, 5.74) is 0. The van der Waals surface area contributed by atoms with Gasteiger partial charge in [0.1, 0.15) is 18.2 Å². The number of nitrogens with zero attached hydrogens (tertiary/aromatic N) is 2. The number of alkyl halides is 2. The Kier molecular flexibility index (Phi) is 4.39. The number of aliphatic hydroxyl groups is 1. The highest BCUT2D eigenvalue weighted by Gasteiger charge is 2.16. The molecule has 1 rings (SSSR count). The summed E-state index contributed by atoms with van der Waals surface area (Å²) in [4.78, 5) is 7.56. The number of rotatable bonds is 4. The first-order valence-electron chi connectivity index (χ1n) is 3.77. The predicted molar refractivity (Wildman–Crippen MR) is 55.2 cm³/mol. The molecule has 0 saturated heterocycles. The normalized spacial score (nSPS) is 12.9. The van der Waals surface area contributed by atoms with Gasteiger partial charge in [-0.2, -0.15) is 0 Å². The van der Waals surface area contributed by atoms with Crippen molar-refractivity contribution in [3.63, 3.8) is 0 Å². The average Bonchev–Trinajstić information content (AvgIpc) is 2.16. The lowest BCUT2D eigenvalue weighted by molar-refractivity contribution is 0.00380. The Hall–Kier alpha value is -0.570. The Balaban J connectivity index is 2.50. The fourth-order valence-corrected chi connectivity index (χ4v) is 1.22. The number of anilines is 1. The topological polar surface area (TPSA) is 58.0 Å². The summed E-state index contributed by atoms with van der Waals surface area (Å²) in [6.07, 6.45) is -1.58. The molecule has 14 heavy (non-hydrogen) atoms. The fraction of sp³-hybridized carbons (Fsp3) is 0.429. The molecule has 0 aliphatic rings. The van der Waals surface area contributed by atoms with E-state index in [-0.39, 0.29) is 6.54 Å². The number of hydrogen-bond donors (Lipinski definition) is 2. The van der Waals surface area contributed by atoms with Gasteiger partial charge >= 0.3 is 0 Å². The largest absolute Gasteiger partial charge is 0.385 e. The van der Waals surface area contributed by atoms with Gasteiger partial charge in [-0.3, -0.25) is 0 Å². The molecule has 7 heteroatoms. The highest BCUT2D eigenvalue weighted by molar-refractivity contribution is 14.1. The molecule has 0 aromatic carbocycles. The summed E-state index contributed by atoms with van der Waals surface area (Å²) in [6.45, 7) is -0.231. The van der Waals surface area contributed by atoms with E-state index >= 15 is 0 Å². The molecular weight excluding hydrogens is 307 g/mol. The quantitative estimate of drug-likeness (QED) is 0.818. The maximum Gasteiger partial charge on any atom is 0.265 e. The zero-order valence-electron chi connectivity index (χ0n) is 6.99. The first-order chi connectivity index (χ1) is 6.61. The highest BCUT2D eigenvalue weighted by Crippen LogP contribution is 2.12. The molecule has 1 aromatic heterocycles. The van der Waals surface area contributed by atoms with Gasteiger partial charge in [-0.05, 0) is 22.6 Å². The summed E-state index contributed by atoms with van der Waals surface area (Å²) >= 11 is 1.97. The third-order valence-electron chi connectivity index (χ3n) is 1.44. The van der Waals surface area contributed by atoms with Crippen molar-refractivity contribution in [2.75, 3.05) is 11.9 Å². The average molecular weight is 315 g/mol. The van der Waals surface area contributed by atoms with Crippen LogP contribution in [0.2, 0.25) is 0 Å². The second-order valence-electron chi connectivity index (χ2n) is 2.50. The molecule has 1 heterocycles. The lowest BCUT2D eigenvalue weighted by atomic mass is 10.3. The smallest absolute Gasteiger partial charge is 0.265 e. The minimum absolute atomic E-state index is 0.231. The maximum absolute atomic E-state index is 11.9. The molecule has 4 nitrogen and oxygen atoms in total. The maximum atomic E-state index is 11.9. The summed E-state index contributed by atoms with van der Waals surface area (Å²) in [5.74, 6) is 0.445. The molecule has 0 aliphatic carbocycles. The summed E-state index contributed by atoms with van der Waals surface area (Å²) in [7, 11) is 0. The van der Waals surface area contributed by atoms with Gasteiger partial charge in [-0.25, -0.2) is 18.7 Å². The Labute approximate surface area is 92.9 Å². The molecule has 0 saturated carbocycles. The molecule has 0 bridgehead atoms. The van der Waals surface area contributed by atoms with Gasteiger partial charge in [-0.1, -0.05) is 0 Å². The van der Waals surface area contributed by atoms with E-state index in [9.17, 15) is 8.78 Å². The van der Waals surface area contributed by atoms with Crippen LogP contribution in [0.5, 0.6) is 0 Å². The molecule has 1 unspecified atom stereocenters. The lowest BCUT2D eigenvalue weighted by Gasteiger charge is -2.11. The van der Waals surface area contributed by atoms with Gasteiger partial charge in [0.25, 0.3) is 6.43 Å². The van der Waals surface area contributed by atoms with Crippen molar-refractivity contribution in [1.82, 2.24) is 9.97 Å². The fourth-order valence-electron chi connectivity index (χ4n) is 0.733. The second-order valence-corrected chi connectivity index (χ2v) is 3.66. The summed E-state index contributed by atoms with van der Waals surface area (Å²) < 4.78 is 24.5. The van der Waals surface area contributed by atoms with Gasteiger partial charge in [0.05, 0.1) is 3.57 Å². The van der Waals surface area contributed by atoms with Crippen LogP contribution in [-0.4, -0.2) is 34.1 Å². The predicted octanol–water partition coefficient (Wildman–Crippen LogP) is 1.12. The molecule has 0 radical (unpaired) electrons. The Morgan fingerprint density at radius 3 is 2.86 bits per heavy atom. The SMILES string of the molecule is OC(CNc1ncncc1I)C(F)F. The molecule has 1 atom stereocenters. The van der Waals surface area contributed by atoms with Crippen LogP contribution in [0, 0.1) is 3.57 Å². The number of hydrogen-bond acceptors (Lipinski definition) is 4. The monoisotopic (exact) mass is 315 g/mol. The van der Waals surface area contributed by atoms with Crippen LogP contribution in [-0.2, 0) is 0 Å².